The van der Waals surface area contributed by atoms with Crippen LogP contribution in [-0.2, 0) is 17.4 Å². The van der Waals surface area contributed by atoms with Gasteiger partial charge >= 0.3 is 6.18 Å². The van der Waals surface area contributed by atoms with Crippen molar-refractivity contribution in [3.63, 3.8) is 0 Å². The molecule has 0 fully saturated rings. The molecule has 0 saturated carbocycles. The number of hydrogen-bond donors (Lipinski definition) is 1. The Morgan fingerprint density at radius 2 is 1.90 bits per heavy atom. The van der Waals surface area contributed by atoms with Crippen LogP contribution in [0, 0.1) is 0 Å². The lowest BCUT2D eigenvalue weighted by atomic mass is 10.1. The third-order valence-electron chi connectivity index (χ3n) is 4.25. The number of carbonyl (C=O) groups excluding carboxylic acids is 1. The molecular formula is C22H19F3N2O3S. The number of rotatable bonds is 7. The van der Waals surface area contributed by atoms with Gasteiger partial charge in [-0.05, 0) is 35.4 Å². The van der Waals surface area contributed by atoms with Crippen LogP contribution >= 0.6 is 11.3 Å². The molecule has 1 amide bonds. The molecule has 0 atom stereocenters. The summed E-state index contributed by atoms with van der Waals surface area (Å²) in [5.41, 5.74) is 0.574. The highest BCUT2D eigenvalue weighted by atomic mass is 32.1. The number of aromatic nitrogens is 1. The topological polar surface area (TPSA) is 60.5 Å². The first-order valence-electron chi connectivity index (χ1n) is 9.10. The highest BCUT2D eigenvalue weighted by molar-refractivity contribution is 7.15. The third-order valence-corrected chi connectivity index (χ3v) is 5.16. The number of anilines is 1. The minimum absolute atomic E-state index is 0.291. The molecule has 9 heteroatoms. The first-order chi connectivity index (χ1) is 14.8. The minimum Gasteiger partial charge on any atom is -0.493 e. The Labute approximate surface area is 181 Å². The summed E-state index contributed by atoms with van der Waals surface area (Å²) in [6, 6.07) is 10.4. The molecule has 0 unspecified atom stereocenters. The number of benzene rings is 2. The van der Waals surface area contributed by atoms with Gasteiger partial charge in [-0.25, -0.2) is 4.98 Å². The van der Waals surface area contributed by atoms with Gasteiger partial charge in [0.1, 0.15) is 0 Å². The minimum atomic E-state index is -4.39. The van der Waals surface area contributed by atoms with E-state index in [0.29, 0.717) is 28.6 Å². The fourth-order valence-corrected chi connectivity index (χ4v) is 3.63. The van der Waals surface area contributed by atoms with Crippen LogP contribution in [0.3, 0.4) is 0 Å². The van der Waals surface area contributed by atoms with Crippen molar-refractivity contribution in [1.29, 1.82) is 0 Å². The molecule has 0 spiro atoms. The Balaban J connectivity index is 1.62. The van der Waals surface area contributed by atoms with E-state index in [2.05, 4.69) is 10.3 Å². The molecule has 0 aliphatic rings. The van der Waals surface area contributed by atoms with Crippen LogP contribution < -0.4 is 14.8 Å². The highest BCUT2D eigenvalue weighted by Gasteiger charge is 2.30. The third kappa shape index (κ3) is 6.08. The van der Waals surface area contributed by atoms with Gasteiger partial charge in [0, 0.05) is 23.6 Å². The van der Waals surface area contributed by atoms with Crippen LogP contribution in [0.25, 0.3) is 6.08 Å². The average Bonchev–Trinajstić information content (AvgIpc) is 3.18. The zero-order valence-corrected chi connectivity index (χ0v) is 17.5. The highest BCUT2D eigenvalue weighted by Crippen LogP contribution is 2.31. The summed E-state index contributed by atoms with van der Waals surface area (Å²) >= 11 is 1.21. The van der Waals surface area contributed by atoms with Crippen molar-refractivity contribution in [2.24, 2.45) is 0 Å². The summed E-state index contributed by atoms with van der Waals surface area (Å²) in [6.07, 6.45) is 0.421. The van der Waals surface area contributed by atoms with Crippen LogP contribution in [0.2, 0.25) is 0 Å². The summed E-state index contributed by atoms with van der Waals surface area (Å²) in [5, 5.41) is 3.02. The lowest BCUT2D eigenvalue weighted by Gasteiger charge is -2.07. The number of thiazole rings is 1. The number of hydrogen-bond acceptors (Lipinski definition) is 5. The van der Waals surface area contributed by atoms with E-state index < -0.39 is 11.7 Å². The maximum atomic E-state index is 12.9. The van der Waals surface area contributed by atoms with Gasteiger partial charge in [0.05, 0.1) is 19.8 Å². The number of nitrogens with one attached hydrogen (secondary N) is 1. The fourth-order valence-electron chi connectivity index (χ4n) is 2.78. The zero-order chi connectivity index (χ0) is 22.4. The van der Waals surface area contributed by atoms with Gasteiger partial charge < -0.3 is 9.47 Å². The number of methoxy groups -OCH3 is 2. The van der Waals surface area contributed by atoms with Crippen molar-refractivity contribution in [2.45, 2.75) is 12.6 Å². The monoisotopic (exact) mass is 448 g/mol. The van der Waals surface area contributed by atoms with E-state index in [4.69, 9.17) is 9.47 Å². The summed E-state index contributed by atoms with van der Waals surface area (Å²) < 4.78 is 49.0. The van der Waals surface area contributed by atoms with Crippen molar-refractivity contribution >= 4 is 28.5 Å². The largest absolute Gasteiger partial charge is 0.493 e. The van der Waals surface area contributed by atoms with Crippen molar-refractivity contribution in [3.05, 3.63) is 76.3 Å². The predicted molar refractivity (Wildman–Crippen MR) is 114 cm³/mol. The predicted octanol–water partition coefficient (Wildman–Crippen LogP) is 5.42. The summed E-state index contributed by atoms with van der Waals surface area (Å²) in [4.78, 5) is 17.0. The van der Waals surface area contributed by atoms with Gasteiger partial charge in [0.2, 0.25) is 5.91 Å². The van der Waals surface area contributed by atoms with Gasteiger partial charge in [0.25, 0.3) is 0 Å². The van der Waals surface area contributed by atoms with Crippen LogP contribution in [0.5, 0.6) is 11.5 Å². The van der Waals surface area contributed by atoms with Gasteiger partial charge in [-0.3, -0.25) is 10.1 Å². The van der Waals surface area contributed by atoms with E-state index in [9.17, 15) is 18.0 Å². The summed E-state index contributed by atoms with van der Waals surface area (Å²) in [6.45, 7) is 0. The molecule has 0 aliphatic heterocycles. The molecule has 3 rings (SSSR count). The molecule has 1 heterocycles. The first kappa shape index (κ1) is 22.4. The van der Waals surface area contributed by atoms with Gasteiger partial charge in [-0.2, -0.15) is 13.2 Å². The van der Waals surface area contributed by atoms with Crippen LogP contribution in [-0.4, -0.2) is 25.1 Å². The summed E-state index contributed by atoms with van der Waals surface area (Å²) in [5.74, 6) is 0.749. The number of halogens is 3. The molecule has 1 N–H and O–H groups in total. The van der Waals surface area contributed by atoms with Crippen LogP contribution in [0.1, 0.15) is 21.6 Å². The SMILES string of the molecule is COc1ccc(/C=C/C(=O)Nc2ncc(Cc3cccc(C(F)(F)F)c3)s2)cc1OC. The Morgan fingerprint density at radius 3 is 2.61 bits per heavy atom. The molecule has 0 saturated heterocycles. The number of ether oxygens (including phenoxy) is 2. The van der Waals surface area contributed by atoms with Crippen LogP contribution in [0.4, 0.5) is 18.3 Å². The van der Waals surface area contributed by atoms with E-state index in [0.717, 1.165) is 22.6 Å². The number of nitrogens with zero attached hydrogens (tertiary/aromatic N) is 1. The van der Waals surface area contributed by atoms with E-state index >= 15 is 0 Å². The van der Waals surface area contributed by atoms with E-state index in [1.54, 1.807) is 36.5 Å². The number of alkyl halides is 3. The molecule has 31 heavy (non-hydrogen) atoms. The molecular weight excluding hydrogens is 429 g/mol. The fraction of sp³-hybridized carbons (Fsp3) is 0.182. The Hall–Kier alpha value is -3.33. The number of amides is 1. The van der Waals surface area contributed by atoms with Gasteiger partial charge in [0.15, 0.2) is 16.6 Å². The second-order valence-corrected chi connectivity index (χ2v) is 7.56. The van der Waals surface area contributed by atoms with E-state index in [-0.39, 0.29) is 5.91 Å². The van der Waals surface area contributed by atoms with Gasteiger partial charge in [-0.1, -0.05) is 24.3 Å². The molecule has 1 aromatic heterocycles. The second-order valence-electron chi connectivity index (χ2n) is 6.44. The van der Waals surface area contributed by atoms with E-state index in [1.165, 1.54) is 37.7 Å². The number of carbonyl (C=O) groups is 1. The zero-order valence-electron chi connectivity index (χ0n) is 16.7. The second kappa shape index (κ2) is 9.65. The Morgan fingerprint density at radius 1 is 1.13 bits per heavy atom. The Bertz CT molecular complexity index is 1090. The standard InChI is InChI=1S/C22H19F3N2O3S/c1-29-18-8-6-14(12-19(18)30-2)7-9-20(28)27-21-26-13-17(31-21)11-15-4-3-5-16(10-15)22(23,24)25/h3-10,12-13H,11H2,1-2H3,(H,26,27,28)/b9-7+. The lowest BCUT2D eigenvalue weighted by molar-refractivity contribution is -0.137. The van der Waals surface area contributed by atoms with Crippen molar-refractivity contribution < 1.29 is 27.4 Å². The normalized spacial score (nSPS) is 11.5. The molecule has 3 aromatic rings. The molecule has 0 aliphatic carbocycles. The first-order valence-corrected chi connectivity index (χ1v) is 9.92. The maximum absolute atomic E-state index is 12.9. The maximum Gasteiger partial charge on any atom is 0.416 e. The van der Waals surface area contributed by atoms with Crippen molar-refractivity contribution in [3.8, 4) is 11.5 Å². The molecule has 0 bridgehead atoms. The molecule has 0 radical (unpaired) electrons. The Kier molecular flexibility index (Phi) is 6.96. The van der Waals surface area contributed by atoms with Gasteiger partial charge in [-0.15, -0.1) is 11.3 Å². The lowest BCUT2D eigenvalue weighted by Crippen LogP contribution is -2.07. The van der Waals surface area contributed by atoms with Crippen LogP contribution in [0.15, 0.2) is 54.7 Å². The molecule has 5 nitrogen and oxygen atoms in total. The summed E-state index contributed by atoms with van der Waals surface area (Å²) in [7, 11) is 3.06. The smallest absolute Gasteiger partial charge is 0.416 e. The van der Waals surface area contributed by atoms with E-state index in [1.807, 2.05) is 0 Å². The molecule has 2 aromatic carbocycles. The molecule has 162 valence electrons. The van der Waals surface area contributed by atoms with Crippen molar-refractivity contribution in [2.75, 3.05) is 19.5 Å². The quantitative estimate of drug-likeness (QED) is 0.490. The average molecular weight is 448 g/mol. The van der Waals surface area contributed by atoms with Crippen molar-refractivity contribution in [1.82, 2.24) is 4.98 Å².